The van der Waals surface area contributed by atoms with Crippen LogP contribution in [0, 0.1) is 5.82 Å². The number of nitrogens with one attached hydrogen (secondary N) is 1. The maximum Gasteiger partial charge on any atom is 0.260 e. The van der Waals surface area contributed by atoms with Crippen molar-refractivity contribution in [2.24, 2.45) is 0 Å². The largest absolute Gasteiger partial charge is 0.319 e. The van der Waals surface area contributed by atoms with Crippen LogP contribution in [0.2, 0.25) is 5.02 Å². The number of rotatable bonds is 3. The lowest BCUT2D eigenvalue weighted by Crippen LogP contribution is -2.15. The number of halogens is 2. The fourth-order valence-electron chi connectivity index (χ4n) is 1.80. The highest BCUT2D eigenvalue weighted by Crippen LogP contribution is 2.20. The molecule has 0 unspecified atom stereocenters. The minimum absolute atomic E-state index is 0.0339. The molecule has 1 N–H and O–H groups in total. The zero-order valence-corrected chi connectivity index (χ0v) is 11.8. The van der Waals surface area contributed by atoms with E-state index in [2.05, 4.69) is 20.4 Å². The Morgan fingerprint density at radius 2 is 2.00 bits per heavy atom. The van der Waals surface area contributed by atoms with E-state index in [-0.39, 0.29) is 10.6 Å². The van der Waals surface area contributed by atoms with Gasteiger partial charge in [-0.1, -0.05) is 17.7 Å². The number of carbonyl (C=O) groups excluding carboxylic acids is 1. The smallest absolute Gasteiger partial charge is 0.260 e. The van der Waals surface area contributed by atoms with E-state index in [1.807, 2.05) is 0 Å². The molecule has 3 rings (SSSR count). The van der Waals surface area contributed by atoms with Gasteiger partial charge in [0.1, 0.15) is 5.82 Å². The third-order valence-corrected chi connectivity index (χ3v) is 3.11. The van der Waals surface area contributed by atoms with Crippen molar-refractivity contribution < 1.29 is 9.18 Å². The Morgan fingerprint density at radius 1 is 1.23 bits per heavy atom. The second-order valence-corrected chi connectivity index (χ2v) is 4.68. The van der Waals surface area contributed by atoms with Gasteiger partial charge in [0, 0.05) is 12.4 Å². The number of carbonyl (C=O) groups is 1. The molecule has 2 heterocycles. The van der Waals surface area contributed by atoms with E-state index >= 15 is 0 Å². The molecule has 0 radical (unpaired) electrons. The summed E-state index contributed by atoms with van der Waals surface area (Å²) in [4.78, 5) is 20.2. The Morgan fingerprint density at radius 3 is 2.64 bits per heavy atom. The van der Waals surface area contributed by atoms with Gasteiger partial charge < -0.3 is 5.32 Å². The fourth-order valence-corrected chi connectivity index (χ4v) is 2.05. The van der Waals surface area contributed by atoms with Crippen molar-refractivity contribution in [1.82, 2.24) is 19.7 Å². The monoisotopic (exact) mass is 317 g/mol. The first-order chi connectivity index (χ1) is 10.6. The number of anilines is 1. The van der Waals surface area contributed by atoms with E-state index in [0.717, 1.165) is 6.07 Å². The molecule has 0 aliphatic heterocycles. The quantitative estimate of drug-likeness (QED) is 0.806. The van der Waals surface area contributed by atoms with Crippen LogP contribution < -0.4 is 5.32 Å². The molecular formula is C14H9ClFN5O. The fraction of sp³-hybridized carbons (Fsp3) is 0. The Labute approximate surface area is 129 Å². The SMILES string of the molecule is O=C(Nc1cnc(-n2cccn2)nc1)c1c(F)cccc1Cl. The van der Waals surface area contributed by atoms with Crippen molar-refractivity contribution >= 4 is 23.2 Å². The molecule has 110 valence electrons. The average Bonchev–Trinajstić information content (AvgIpc) is 3.02. The van der Waals surface area contributed by atoms with Crippen LogP contribution in [0.15, 0.2) is 49.1 Å². The molecule has 8 heteroatoms. The molecule has 0 saturated heterocycles. The Kier molecular flexibility index (Phi) is 3.80. The highest BCUT2D eigenvalue weighted by Gasteiger charge is 2.16. The molecule has 0 saturated carbocycles. The maximum absolute atomic E-state index is 13.7. The van der Waals surface area contributed by atoms with Crippen molar-refractivity contribution in [3.05, 3.63) is 65.5 Å². The van der Waals surface area contributed by atoms with Gasteiger partial charge in [0.05, 0.1) is 28.7 Å². The summed E-state index contributed by atoms with van der Waals surface area (Å²) in [6.45, 7) is 0. The Hall–Kier alpha value is -2.80. The van der Waals surface area contributed by atoms with Crippen LogP contribution in [0.1, 0.15) is 10.4 Å². The van der Waals surface area contributed by atoms with Gasteiger partial charge in [-0.15, -0.1) is 0 Å². The lowest BCUT2D eigenvalue weighted by molar-refractivity contribution is 0.102. The zero-order chi connectivity index (χ0) is 15.5. The first-order valence-corrected chi connectivity index (χ1v) is 6.60. The Balaban J connectivity index is 1.80. The molecular weight excluding hydrogens is 309 g/mol. The average molecular weight is 318 g/mol. The lowest BCUT2D eigenvalue weighted by atomic mass is 10.2. The normalized spacial score (nSPS) is 10.5. The molecule has 0 atom stereocenters. The second kappa shape index (κ2) is 5.90. The zero-order valence-electron chi connectivity index (χ0n) is 11.1. The predicted molar refractivity (Wildman–Crippen MR) is 78.5 cm³/mol. The maximum atomic E-state index is 13.7. The highest BCUT2D eigenvalue weighted by molar-refractivity contribution is 6.34. The van der Waals surface area contributed by atoms with Crippen LogP contribution in [0.5, 0.6) is 0 Å². The summed E-state index contributed by atoms with van der Waals surface area (Å²) in [6, 6.07) is 5.77. The third kappa shape index (κ3) is 2.79. The summed E-state index contributed by atoms with van der Waals surface area (Å²) in [5.74, 6) is -1.01. The Bertz CT molecular complexity index is 784. The molecule has 6 nitrogen and oxygen atoms in total. The summed E-state index contributed by atoms with van der Waals surface area (Å²) >= 11 is 5.84. The second-order valence-electron chi connectivity index (χ2n) is 4.27. The van der Waals surface area contributed by atoms with Crippen molar-refractivity contribution in [3.8, 4) is 5.95 Å². The number of amides is 1. The van der Waals surface area contributed by atoms with E-state index < -0.39 is 11.7 Å². The molecule has 3 aromatic rings. The van der Waals surface area contributed by atoms with E-state index in [4.69, 9.17) is 11.6 Å². The molecule has 0 spiro atoms. The van der Waals surface area contributed by atoms with Crippen LogP contribution in [0.25, 0.3) is 5.95 Å². The van der Waals surface area contributed by atoms with E-state index in [1.165, 1.54) is 29.2 Å². The van der Waals surface area contributed by atoms with Gasteiger partial charge in [-0.2, -0.15) is 5.10 Å². The van der Waals surface area contributed by atoms with Gasteiger partial charge in [-0.3, -0.25) is 4.79 Å². The number of hydrogen-bond acceptors (Lipinski definition) is 4. The third-order valence-electron chi connectivity index (χ3n) is 2.80. The summed E-state index contributed by atoms with van der Waals surface area (Å²) in [7, 11) is 0. The van der Waals surface area contributed by atoms with Crippen molar-refractivity contribution in [1.29, 1.82) is 0 Å². The first-order valence-electron chi connectivity index (χ1n) is 6.22. The molecule has 2 aromatic heterocycles. The van der Waals surface area contributed by atoms with E-state index in [1.54, 1.807) is 18.5 Å². The molecule has 0 bridgehead atoms. The number of nitrogens with zero attached hydrogens (tertiary/aromatic N) is 4. The minimum Gasteiger partial charge on any atom is -0.319 e. The molecule has 0 aliphatic rings. The molecule has 22 heavy (non-hydrogen) atoms. The highest BCUT2D eigenvalue weighted by atomic mass is 35.5. The van der Waals surface area contributed by atoms with Gasteiger partial charge in [0.15, 0.2) is 0 Å². The van der Waals surface area contributed by atoms with Crippen molar-refractivity contribution in [2.75, 3.05) is 5.32 Å². The van der Waals surface area contributed by atoms with Gasteiger partial charge in [-0.05, 0) is 18.2 Å². The van der Waals surface area contributed by atoms with Gasteiger partial charge in [-0.25, -0.2) is 19.0 Å². The van der Waals surface area contributed by atoms with Gasteiger partial charge >= 0.3 is 0 Å². The predicted octanol–water partition coefficient (Wildman–Crippen LogP) is 2.71. The summed E-state index contributed by atoms with van der Waals surface area (Å²) in [6.07, 6.45) is 6.08. The molecule has 0 fully saturated rings. The lowest BCUT2D eigenvalue weighted by Gasteiger charge is -2.07. The number of benzene rings is 1. The number of aromatic nitrogens is 4. The molecule has 1 aromatic carbocycles. The van der Waals surface area contributed by atoms with Crippen LogP contribution in [-0.2, 0) is 0 Å². The van der Waals surface area contributed by atoms with E-state index in [9.17, 15) is 9.18 Å². The number of hydrogen-bond donors (Lipinski definition) is 1. The van der Waals surface area contributed by atoms with Gasteiger partial charge in [0.2, 0.25) is 0 Å². The standard InChI is InChI=1S/C14H9ClFN5O/c15-10-3-1-4-11(16)12(10)13(22)20-9-7-17-14(18-8-9)21-6-2-5-19-21/h1-8H,(H,20,22). The van der Waals surface area contributed by atoms with Crippen LogP contribution in [-0.4, -0.2) is 25.7 Å². The minimum atomic E-state index is -0.695. The van der Waals surface area contributed by atoms with Crippen LogP contribution in [0.4, 0.5) is 10.1 Å². The van der Waals surface area contributed by atoms with Crippen molar-refractivity contribution in [2.45, 2.75) is 0 Å². The summed E-state index contributed by atoms with van der Waals surface area (Å²) < 4.78 is 15.1. The van der Waals surface area contributed by atoms with Crippen LogP contribution in [0.3, 0.4) is 0 Å². The van der Waals surface area contributed by atoms with Crippen LogP contribution >= 0.6 is 11.6 Å². The molecule has 1 amide bonds. The topological polar surface area (TPSA) is 72.7 Å². The van der Waals surface area contributed by atoms with E-state index in [0.29, 0.717) is 11.6 Å². The first kappa shape index (κ1) is 14.2. The van der Waals surface area contributed by atoms with Crippen molar-refractivity contribution in [3.63, 3.8) is 0 Å². The van der Waals surface area contributed by atoms with Gasteiger partial charge in [0.25, 0.3) is 11.9 Å². The summed E-state index contributed by atoms with van der Waals surface area (Å²) in [5.41, 5.74) is 0.0977. The summed E-state index contributed by atoms with van der Waals surface area (Å²) in [5, 5.41) is 6.51. The molecule has 0 aliphatic carbocycles.